The molecule has 54 heavy (non-hydrogen) atoms. The quantitative estimate of drug-likeness (QED) is 0.0741. The molecule has 0 aliphatic rings. The third-order valence-electron chi connectivity index (χ3n) is 7.35. The van der Waals surface area contributed by atoms with Gasteiger partial charge >= 0.3 is 18.0 Å². The van der Waals surface area contributed by atoms with Crippen LogP contribution in [-0.4, -0.2) is 97.9 Å². The fraction of sp³-hybridized carbons (Fsp3) is 0.343. The molecule has 19 heteroatoms. The van der Waals surface area contributed by atoms with E-state index in [1.54, 1.807) is 32.4 Å². The molecule has 4 aromatic heterocycles. The lowest BCUT2D eigenvalue weighted by Gasteiger charge is -2.09. The molecule has 0 fully saturated rings. The average molecular weight is 877 g/mol. The molecule has 290 valence electrons. The second kappa shape index (κ2) is 20.5. The number of methoxy groups -OCH3 is 3. The zero-order valence-corrected chi connectivity index (χ0v) is 31.6. The van der Waals surface area contributed by atoms with Crippen molar-refractivity contribution in [3.63, 3.8) is 0 Å². The van der Waals surface area contributed by atoms with E-state index >= 15 is 0 Å². The number of nitrogens with zero attached hydrogens (tertiary/aromatic N) is 8. The summed E-state index contributed by atoms with van der Waals surface area (Å²) in [6.45, 7) is 2.39. The maximum absolute atomic E-state index is 11.7. The summed E-state index contributed by atoms with van der Waals surface area (Å²) in [5.74, 6) is 0.0722. The SMILES string of the molecule is C.C.COCCOc1nc(N)c2nc(Br)n(Cc3cccc(C(=O)OC)c3)c2n1.COCCOc1nc(N)c2nc(Br)n(Cc3cccc(CO)c3)c2n1. The summed E-state index contributed by atoms with van der Waals surface area (Å²) in [5.41, 5.74) is 17.2. The highest BCUT2D eigenvalue weighted by atomic mass is 79.9. The van der Waals surface area contributed by atoms with Crippen molar-refractivity contribution in [2.75, 3.05) is 59.2 Å². The fourth-order valence-corrected chi connectivity index (χ4v) is 5.84. The van der Waals surface area contributed by atoms with Crippen molar-refractivity contribution in [2.45, 2.75) is 34.5 Å². The maximum Gasteiger partial charge on any atom is 0.337 e. The molecule has 4 heterocycles. The van der Waals surface area contributed by atoms with Crippen LogP contribution in [0.2, 0.25) is 0 Å². The van der Waals surface area contributed by atoms with Gasteiger partial charge in [0.25, 0.3) is 0 Å². The molecule has 0 amide bonds. The minimum atomic E-state index is -0.396. The summed E-state index contributed by atoms with van der Waals surface area (Å²) < 4.78 is 30.4. The number of nitrogens with two attached hydrogens (primary N) is 2. The highest BCUT2D eigenvalue weighted by Gasteiger charge is 2.18. The molecule has 2 aromatic carbocycles. The third kappa shape index (κ3) is 10.6. The average Bonchev–Trinajstić information content (AvgIpc) is 3.63. The lowest BCUT2D eigenvalue weighted by atomic mass is 10.1. The fourth-order valence-electron chi connectivity index (χ4n) is 4.90. The molecule has 0 radical (unpaired) electrons. The van der Waals surface area contributed by atoms with Crippen molar-refractivity contribution < 1.29 is 33.6 Å². The summed E-state index contributed by atoms with van der Waals surface area (Å²) in [5, 5.41) is 9.30. The Morgan fingerprint density at radius 2 is 1.15 bits per heavy atom. The number of carbonyl (C=O) groups is 1. The van der Waals surface area contributed by atoms with E-state index in [1.165, 1.54) is 7.11 Å². The highest BCUT2D eigenvalue weighted by molar-refractivity contribution is 9.10. The molecule has 6 rings (SSSR count). The van der Waals surface area contributed by atoms with Crippen LogP contribution in [0.5, 0.6) is 12.0 Å². The van der Waals surface area contributed by atoms with Crippen LogP contribution in [0.15, 0.2) is 58.0 Å². The zero-order valence-electron chi connectivity index (χ0n) is 28.5. The lowest BCUT2D eigenvalue weighted by Crippen LogP contribution is -2.09. The van der Waals surface area contributed by atoms with Crippen LogP contribution in [-0.2, 0) is 33.9 Å². The number of benzene rings is 2. The third-order valence-corrected chi connectivity index (χ3v) is 8.56. The van der Waals surface area contributed by atoms with Crippen molar-refractivity contribution in [3.05, 3.63) is 80.3 Å². The van der Waals surface area contributed by atoms with Gasteiger partial charge in [-0.15, -0.1) is 0 Å². The van der Waals surface area contributed by atoms with Crippen LogP contribution < -0.4 is 20.9 Å². The predicted molar refractivity (Wildman–Crippen MR) is 211 cm³/mol. The van der Waals surface area contributed by atoms with E-state index in [9.17, 15) is 9.90 Å². The number of esters is 1. The molecule has 0 saturated heterocycles. The van der Waals surface area contributed by atoms with Gasteiger partial charge in [0.15, 0.2) is 43.4 Å². The molecular weight excluding hydrogens is 832 g/mol. The molecule has 0 unspecified atom stereocenters. The van der Waals surface area contributed by atoms with E-state index in [-0.39, 0.29) is 45.1 Å². The Morgan fingerprint density at radius 3 is 1.61 bits per heavy atom. The Labute approximate surface area is 329 Å². The Bertz CT molecular complexity index is 2160. The van der Waals surface area contributed by atoms with Crippen LogP contribution in [0.4, 0.5) is 11.6 Å². The normalized spacial score (nSPS) is 10.6. The molecule has 0 aliphatic carbocycles. The van der Waals surface area contributed by atoms with Crippen molar-refractivity contribution in [1.29, 1.82) is 0 Å². The number of aromatic nitrogens is 8. The van der Waals surface area contributed by atoms with Crippen molar-refractivity contribution in [1.82, 2.24) is 39.0 Å². The van der Waals surface area contributed by atoms with Gasteiger partial charge in [0, 0.05) is 14.2 Å². The minimum absolute atomic E-state index is 0. The Balaban J connectivity index is 0.000000281. The number of hydrogen-bond donors (Lipinski definition) is 3. The van der Waals surface area contributed by atoms with Gasteiger partial charge in [-0.2, -0.15) is 19.9 Å². The van der Waals surface area contributed by atoms with Crippen molar-refractivity contribution in [3.8, 4) is 12.0 Å². The van der Waals surface area contributed by atoms with Gasteiger partial charge < -0.3 is 40.3 Å². The van der Waals surface area contributed by atoms with Crippen LogP contribution in [0, 0.1) is 0 Å². The topological polar surface area (TPSA) is 223 Å². The standard InChI is InChI=1S/C17H18BrN5O4.C16H18BrN5O3.2CH4/c1-25-6-7-27-17-21-13(19)12-14(22-17)23(16(18)20-12)9-10-4-3-5-11(8-10)15(24)26-2;1-24-5-6-25-16-20-13(18)12-14(21-16)22(15(17)19-12)8-10-3-2-4-11(7-10)9-23;;/h3-5,8H,6-7,9H2,1-2H3,(H2,19,21,22);2-4,7,23H,5-6,8-9H2,1H3,(H2,18,20,21);2*1H4. The number of anilines is 2. The maximum atomic E-state index is 11.7. The van der Waals surface area contributed by atoms with Gasteiger partial charge in [0.1, 0.15) is 13.2 Å². The Morgan fingerprint density at radius 1 is 0.685 bits per heavy atom. The molecule has 6 aromatic rings. The largest absolute Gasteiger partial charge is 0.465 e. The number of halogens is 2. The van der Waals surface area contributed by atoms with Crippen LogP contribution >= 0.6 is 31.9 Å². The minimum Gasteiger partial charge on any atom is -0.465 e. The molecule has 0 bridgehead atoms. The van der Waals surface area contributed by atoms with Gasteiger partial charge in [0.2, 0.25) is 0 Å². The molecule has 17 nitrogen and oxygen atoms in total. The molecular formula is C35H44Br2N10O7. The Kier molecular flexibility index (Phi) is 16.5. The number of carbonyl (C=O) groups excluding carboxylic acids is 1. The van der Waals surface area contributed by atoms with Crippen molar-refractivity contribution in [2.24, 2.45) is 0 Å². The zero-order chi connectivity index (χ0) is 37.2. The second-order valence-electron chi connectivity index (χ2n) is 10.9. The van der Waals surface area contributed by atoms with Gasteiger partial charge in [-0.1, -0.05) is 51.3 Å². The first kappa shape index (κ1) is 43.5. The van der Waals surface area contributed by atoms with Gasteiger partial charge in [-0.05, 0) is 60.7 Å². The molecule has 0 atom stereocenters. The molecule has 0 spiro atoms. The lowest BCUT2D eigenvalue weighted by molar-refractivity contribution is 0.0600. The second-order valence-corrected chi connectivity index (χ2v) is 12.3. The summed E-state index contributed by atoms with van der Waals surface area (Å²) >= 11 is 6.87. The van der Waals surface area contributed by atoms with Gasteiger partial charge in [-0.3, -0.25) is 9.13 Å². The number of nitrogen functional groups attached to an aromatic ring is 2. The smallest absolute Gasteiger partial charge is 0.337 e. The highest BCUT2D eigenvalue weighted by Crippen LogP contribution is 2.27. The van der Waals surface area contributed by atoms with Crippen molar-refractivity contribution >= 4 is 71.8 Å². The van der Waals surface area contributed by atoms with E-state index in [0.29, 0.717) is 76.9 Å². The Hall–Kier alpha value is -4.95. The van der Waals surface area contributed by atoms with Crippen LogP contribution in [0.1, 0.15) is 41.9 Å². The van der Waals surface area contributed by atoms with Crippen LogP contribution in [0.25, 0.3) is 22.3 Å². The molecule has 0 saturated carbocycles. The number of fused-ring (bicyclic) bond motifs is 2. The summed E-state index contributed by atoms with van der Waals surface area (Å²) in [6, 6.07) is 15.1. The van der Waals surface area contributed by atoms with E-state index in [4.69, 9.17) is 35.2 Å². The first-order valence-corrected chi connectivity index (χ1v) is 17.2. The van der Waals surface area contributed by atoms with E-state index in [0.717, 1.165) is 16.7 Å². The number of hydrogen-bond acceptors (Lipinski definition) is 15. The monoisotopic (exact) mass is 874 g/mol. The number of ether oxygens (including phenoxy) is 5. The van der Waals surface area contributed by atoms with E-state index < -0.39 is 5.97 Å². The summed E-state index contributed by atoms with van der Waals surface area (Å²) in [6.07, 6.45) is 0. The van der Waals surface area contributed by atoms with Crippen LogP contribution in [0.3, 0.4) is 0 Å². The summed E-state index contributed by atoms with van der Waals surface area (Å²) in [4.78, 5) is 37.6. The number of rotatable bonds is 14. The molecule has 0 aliphatic heterocycles. The van der Waals surface area contributed by atoms with Gasteiger partial charge in [-0.25, -0.2) is 14.8 Å². The predicted octanol–water partition coefficient (Wildman–Crippen LogP) is 5.04. The van der Waals surface area contributed by atoms with Gasteiger partial charge in [0.05, 0.1) is 45.6 Å². The van der Waals surface area contributed by atoms with E-state index in [2.05, 4.69) is 61.8 Å². The first-order valence-electron chi connectivity index (χ1n) is 15.6. The first-order chi connectivity index (χ1) is 25.1. The summed E-state index contributed by atoms with van der Waals surface area (Å²) in [7, 11) is 4.52. The number of imidazole rings is 2. The number of aliphatic hydroxyl groups excluding tert-OH is 1. The van der Waals surface area contributed by atoms with E-state index in [1.807, 2.05) is 39.5 Å². The molecule has 5 N–H and O–H groups in total. The number of aliphatic hydroxyl groups is 1.